The van der Waals surface area contributed by atoms with E-state index >= 15 is 0 Å². The van der Waals surface area contributed by atoms with Crippen LogP contribution >= 0.6 is 11.3 Å². The Balaban J connectivity index is 1.90. The maximum absolute atomic E-state index is 12.2. The van der Waals surface area contributed by atoms with Gasteiger partial charge >= 0.3 is 5.97 Å². The fourth-order valence-corrected chi connectivity index (χ4v) is 2.74. The molecule has 0 saturated carbocycles. The summed E-state index contributed by atoms with van der Waals surface area (Å²) in [5.74, 6) is -1.40. The van der Waals surface area contributed by atoms with Crippen LogP contribution in [0.5, 0.6) is 0 Å². The van der Waals surface area contributed by atoms with Gasteiger partial charge in [-0.3, -0.25) is 9.78 Å². The minimum Gasteiger partial charge on any atom is -0.478 e. The van der Waals surface area contributed by atoms with Gasteiger partial charge in [0.2, 0.25) is 0 Å². The zero-order valence-corrected chi connectivity index (χ0v) is 11.6. The first-order chi connectivity index (χ1) is 10.1. The second-order valence-corrected chi connectivity index (χ2v) is 5.25. The zero-order chi connectivity index (χ0) is 14.8. The maximum Gasteiger partial charge on any atom is 0.338 e. The molecule has 104 valence electrons. The Labute approximate surface area is 123 Å². The molecule has 2 aromatic heterocycles. The number of aromatic carboxylic acids is 1. The lowest BCUT2D eigenvalue weighted by Crippen LogP contribution is -2.13. The third-order valence-corrected chi connectivity index (χ3v) is 3.82. The van der Waals surface area contributed by atoms with Crippen LogP contribution in [0.15, 0.2) is 48.0 Å². The normalized spacial score (nSPS) is 10.5. The van der Waals surface area contributed by atoms with Gasteiger partial charge in [-0.1, -0.05) is 6.07 Å². The predicted molar refractivity (Wildman–Crippen MR) is 81.0 cm³/mol. The summed E-state index contributed by atoms with van der Waals surface area (Å²) in [4.78, 5) is 27.4. The third-order valence-electron chi connectivity index (χ3n) is 2.99. The number of anilines is 1. The predicted octanol–water partition coefficient (Wildman–Crippen LogP) is 3.25. The SMILES string of the molecule is O=C(Nc1sccc1C(=O)O)c1ccc2ncccc2c1. The van der Waals surface area contributed by atoms with Crippen molar-refractivity contribution in [3.05, 3.63) is 59.1 Å². The highest BCUT2D eigenvalue weighted by molar-refractivity contribution is 7.14. The van der Waals surface area contributed by atoms with E-state index < -0.39 is 5.97 Å². The van der Waals surface area contributed by atoms with Gasteiger partial charge in [-0.05, 0) is 35.7 Å². The molecule has 0 aliphatic carbocycles. The van der Waals surface area contributed by atoms with Gasteiger partial charge in [0.15, 0.2) is 0 Å². The number of nitrogens with one attached hydrogen (secondary N) is 1. The van der Waals surface area contributed by atoms with Crippen LogP contribution in [0, 0.1) is 0 Å². The molecule has 2 N–H and O–H groups in total. The monoisotopic (exact) mass is 298 g/mol. The molecule has 6 heteroatoms. The largest absolute Gasteiger partial charge is 0.478 e. The average Bonchev–Trinajstić information content (AvgIpc) is 2.95. The van der Waals surface area contributed by atoms with Gasteiger partial charge in [-0.2, -0.15) is 0 Å². The summed E-state index contributed by atoms with van der Waals surface area (Å²) in [5.41, 5.74) is 1.35. The average molecular weight is 298 g/mol. The number of amides is 1. The summed E-state index contributed by atoms with van der Waals surface area (Å²) in [5, 5.41) is 14.5. The summed E-state index contributed by atoms with van der Waals surface area (Å²) in [7, 11) is 0. The van der Waals surface area contributed by atoms with Crippen molar-refractivity contribution in [2.45, 2.75) is 0 Å². The van der Waals surface area contributed by atoms with Gasteiger partial charge in [0, 0.05) is 17.1 Å². The van der Waals surface area contributed by atoms with E-state index in [0.29, 0.717) is 10.6 Å². The zero-order valence-electron chi connectivity index (χ0n) is 10.7. The number of rotatable bonds is 3. The van der Waals surface area contributed by atoms with Gasteiger partial charge in [0.1, 0.15) is 5.00 Å². The Bertz CT molecular complexity index is 842. The van der Waals surface area contributed by atoms with E-state index in [1.165, 1.54) is 17.4 Å². The molecule has 3 rings (SSSR count). The Hall–Kier alpha value is -2.73. The minimum atomic E-state index is -1.06. The lowest BCUT2D eigenvalue weighted by atomic mass is 10.1. The van der Waals surface area contributed by atoms with Crippen molar-refractivity contribution in [1.29, 1.82) is 0 Å². The summed E-state index contributed by atoms with van der Waals surface area (Å²) < 4.78 is 0. The van der Waals surface area contributed by atoms with Crippen LogP contribution in [0.3, 0.4) is 0 Å². The first-order valence-electron chi connectivity index (χ1n) is 6.12. The van der Waals surface area contributed by atoms with E-state index in [4.69, 9.17) is 5.11 Å². The summed E-state index contributed by atoms with van der Waals surface area (Å²) in [6, 6.07) is 10.3. The molecule has 0 fully saturated rings. The van der Waals surface area contributed by atoms with Crippen molar-refractivity contribution >= 4 is 39.1 Å². The molecule has 3 aromatic rings. The molecular weight excluding hydrogens is 288 g/mol. The highest BCUT2D eigenvalue weighted by atomic mass is 32.1. The lowest BCUT2D eigenvalue weighted by molar-refractivity contribution is 0.0698. The second kappa shape index (κ2) is 5.34. The third kappa shape index (κ3) is 2.61. The number of hydrogen-bond donors (Lipinski definition) is 2. The molecule has 1 aromatic carbocycles. The molecule has 0 unspecified atom stereocenters. The Morgan fingerprint density at radius 1 is 1.19 bits per heavy atom. The minimum absolute atomic E-state index is 0.0933. The number of hydrogen-bond acceptors (Lipinski definition) is 4. The van der Waals surface area contributed by atoms with E-state index in [9.17, 15) is 9.59 Å². The number of carbonyl (C=O) groups is 2. The van der Waals surface area contributed by atoms with Gasteiger partial charge in [0.25, 0.3) is 5.91 Å². The second-order valence-electron chi connectivity index (χ2n) is 4.33. The molecule has 0 saturated heterocycles. The lowest BCUT2D eigenvalue weighted by Gasteiger charge is -2.05. The molecule has 0 spiro atoms. The van der Waals surface area contributed by atoms with E-state index in [1.807, 2.05) is 6.07 Å². The van der Waals surface area contributed by atoms with Crippen molar-refractivity contribution in [3.63, 3.8) is 0 Å². The molecule has 0 radical (unpaired) electrons. The smallest absolute Gasteiger partial charge is 0.338 e. The Morgan fingerprint density at radius 3 is 2.86 bits per heavy atom. The van der Waals surface area contributed by atoms with Crippen molar-refractivity contribution in [2.24, 2.45) is 0 Å². The quantitative estimate of drug-likeness (QED) is 0.778. The molecule has 0 aliphatic rings. The highest BCUT2D eigenvalue weighted by Gasteiger charge is 2.15. The molecule has 0 aliphatic heterocycles. The number of thiophene rings is 1. The van der Waals surface area contributed by atoms with Crippen molar-refractivity contribution in [3.8, 4) is 0 Å². The number of carboxylic acid groups (broad SMARTS) is 1. The Morgan fingerprint density at radius 2 is 2.05 bits per heavy atom. The number of nitrogens with zero attached hydrogens (tertiary/aromatic N) is 1. The topological polar surface area (TPSA) is 79.3 Å². The number of carboxylic acids is 1. The van der Waals surface area contributed by atoms with E-state index in [-0.39, 0.29) is 11.5 Å². The van der Waals surface area contributed by atoms with Crippen LogP contribution in [0.1, 0.15) is 20.7 Å². The molecule has 2 heterocycles. The molecule has 0 atom stereocenters. The van der Waals surface area contributed by atoms with Crippen LogP contribution in [0.2, 0.25) is 0 Å². The van der Waals surface area contributed by atoms with Crippen LogP contribution in [-0.4, -0.2) is 22.0 Å². The fourth-order valence-electron chi connectivity index (χ4n) is 1.97. The Kier molecular flexibility index (Phi) is 3.37. The number of pyridine rings is 1. The number of carbonyl (C=O) groups excluding carboxylic acids is 1. The van der Waals surface area contributed by atoms with Crippen LogP contribution in [0.25, 0.3) is 10.9 Å². The van der Waals surface area contributed by atoms with Crippen molar-refractivity contribution in [2.75, 3.05) is 5.32 Å². The number of aromatic nitrogens is 1. The summed E-state index contributed by atoms with van der Waals surface area (Å²) in [6.45, 7) is 0. The van der Waals surface area contributed by atoms with E-state index in [2.05, 4.69) is 10.3 Å². The van der Waals surface area contributed by atoms with Crippen LogP contribution < -0.4 is 5.32 Å². The summed E-state index contributed by atoms with van der Waals surface area (Å²) in [6.07, 6.45) is 1.69. The molecule has 1 amide bonds. The first-order valence-corrected chi connectivity index (χ1v) is 7.00. The van der Waals surface area contributed by atoms with Gasteiger partial charge in [0.05, 0.1) is 11.1 Å². The number of benzene rings is 1. The molecule has 5 nitrogen and oxygen atoms in total. The molecular formula is C15H10N2O3S. The van der Waals surface area contributed by atoms with Gasteiger partial charge in [-0.15, -0.1) is 11.3 Å². The van der Waals surface area contributed by atoms with Crippen LogP contribution in [0.4, 0.5) is 5.00 Å². The first kappa shape index (κ1) is 13.3. The van der Waals surface area contributed by atoms with Crippen LogP contribution in [-0.2, 0) is 0 Å². The maximum atomic E-state index is 12.2. The van der Waals surface area contributed by atoms with E-state index in [0.717, 1.165) is 10.9 Å². The standard InChI is InChI=1S/C15H10N2O3S/c18-13(17-14-11(15(19)20)5-7-21-14)10-3-4-12-9(8-10)2-1-6-16-12/h1-8H,(H,17,18)(H,19,20). The van der Waals surface area contributed by atoms with Gasteiger partial charge < -0.3 is 10.4 Å². The highest BCUT2D eigenvalue weighted by Crippen LogP contribution is 2.24. The van der Waals surface area contributed by atoms with Crippen molar-refractivity contribution in [1.82, 2.24) is 4.98 Å². The molecule has 0 bridgehead atoms. The summed E-state index contributed by atoms with van der Waals surface area (Å²) >= 11 is 1.18. The molecule has 21 heavy (non-hydrogen) atoms. The fraction of sp³-hybridized carbons (Fsp3) is 0. The van der Waals surface area contributed by atoms with Crippen molar-refractivity contribution < 1.29 is 14.7 Å². The number of fused-ring (bicyclic) bond motifs is 1. The van der Waals surface area contributed by atoms with E-state index in [1.54, 1.807) is 35.8 Å². The van der Waals surface area contributed by atoms with Gasteiger partial charge in [-0.25, -0.2) is 4.79 Å².